The first-order chi connectivity index (χ1) is 8.15. The maximum atomic E-state index is 11.7. The fourth-order valence-corrected chi connectivity index (χ4v) is 1.84. The summed E-state index contributed by atoms with van der Waals surface area (Å²) < 4.78 is 0. The summed E-state index contributed by atoms with van der Waals surface area (Å²) in [5, 5.41) is 12.0. The molecule has 1 saturated carbocycles. The van der Waals surface area contributed by atoms with Gasteiger partial charge in [0.15, 0.2) is 0 Å². The highest BCUT2D eigenvalue weighted by Crippen LogP contribution is 2.34. The van der Waals surface area contributed by atoms with Crippen molar-refractivity contribution in [3.8, 4) is 0 Å². The van der Waals surface area contributed by atoms with E-state index in [0.29, 0.717) is 0 Å². The standard InChI is InChI=1S/C13H18N2O2/c14-11(10-4-2-1-3-5-10)8-12(17)15-13(9-16)6-7-13/h1-5,11,16H,6-9,14H2,(H,15,17). The molecule has 2 rings (SSSR count). The second kappa shape index (κ2) is 4.85. The Balaban J connectivity index is 1.87. The van der Waals surface area contributed by atoms with Crippen molar-refractivity contribution in [2.75, 3.05) is 6.61 Å². The minimum absolute atomic E-state index is 0.0132. The van der Waals surface area contributed by atoms with Crippen molar-refractivity contribution in [1.29, 1.82) is 0 Å². The largest absolute Gasteiger partial charge is 0.394 e. The van der Waals surface area contributed by atoms with Gasteiger partial charge in [-0.05, 0) is 18.4 Å². The lowest BCUT2D eigenvalue weighted by atomic mass is 10.0. The number of benzene rings is 1. The molecule has 4 heteroatoms. The number of aliphatic hydroxyl groups is 1. The highest BCUT2D eigenvalue weighted by Gasteiger charge is 2.43. The molecule has 1 unspecified atom stereocenters. The molecule has 1 aromatic rings. The fourth-order valence-electron chi connectivity index (χ4n) is 1.84. The van der Waals surface area contributed by atoms with Crippen LogP contribution in [0, 0.1) is 0 Å². The van der Waals surface area contributed by atoms with Gasteiger partial charge in [-0.15, -0.1) is 0 Å². The van der Waals surface area contributed by atoms with Crippen LogP contribution in [0.5, 0.6) is 0 Å². The molecule has 0 saturated heterocycles. The Morgan fingerprint density at radius 2 is 2.06 bits per heavy atom. The third-order valence-corrected chi connectivity index (χ3v) is 3.19. The molecule has 1 aliphatic carbocycles. The summed E-state index contributed by atoms with van der Waals surface area (Å²) in [6, 6.07) is 9.27. The normalized spacial score (nSPS) is 18.5. The molecule has 0 radical (unpaired) electrons. The monoisotopic (exact) mass is 234 g/mol. The van der Waals surface area contributed by atoms with Gasteiger partial charge in [0, 0.05) is 12.5 Å². The number of aliphatic hydroxyl groups excluding tert-OH is 1. The van der Waals surface area contributed by atoms with E-state index in [2.05, 4.69) is 5.32 Å². The molecule has 4 N–H and O–H groups in total. The number of rotatable bonds is 5. The van der Waals surface area contributed by atoms with Gasteiger partial charge >= 0.3 is 0 Å². The molecule has 0 heterocycles. The van der Waals surface area contributed by atoms with E-state index in [1.54, 1.807) is 0 Å². The maximum absolute atomic E-state index is 11.7. The Morgan fingerprint density at radius 3 is 2.59 bits per heavy atom. The summed E-state index contributed by atoms with van der Waals surface area (Å²) in [5.74, 6) is -0.0899. The fraction of sp³-hybridized carbons (Fsp3) is 0.462. The van der Waals surface area contributed by atoms with Gasteiger partial charge in [-0.2, -0.15) is 0 Å². The Bertz CT molecular complexity index is 388. The van der Waals surface area contributed by atoms with Gasteiger partial charge in [0.2, 0.25) is 5.91 Å². The van der Waals surface area contributed by atoms with E-state index in [-0.39, 0.29) is 30.5 Å². The summed E-state index contributed by atoms with van der Waals surface area (Å²) in [6.07, 6.45) is 1.97. The van der Waals surface area contributed by atoms with E-state index in [0.717, 1.165) is 18.4 Å². The Hall–Kier alpha value is -1.39. The van der Waals surface area contributed by atoms with E-state index in [4.69, 9.17) is 10.8 Å². The van der Waals surface area contributed by atoms with Gasteiger partial charge in [-0.25, -0.2) is 0 Å². The van der Waals surface area contributed by atoms with Crippen molar-refractivity contribution in [2.45, 2.75) is 30.8 Å². The molecule has 1 atom stereocenters. The second-order valence-electron chi connectivity index (χ2n) is 4.71. The first kappa shape index (κ1) is 12.1. The minimum atomic E-state index is -0.354. The molecule has 1 amide bonds. The van der Waals surface area contributed by atoms with Crippen molar-refractivity contribution in [1.82, 2.24) is 5.32 Å². The summed E-state index contributed by atoms with van der Waals surface area (Å²) in [7, 11) is 0. The molecule has 4 nitrogen and oxygen atoms in total. The molecule has 92 valence electrons. The average molecular weight is 234 g/mol. The van der Waals surface area contributed by atoms with Crippen molar-refractivity contribution in [2.24, 2.45) is 5.73 Å². The van der Waals surface area contributed by atoms with E-state index < -0.39 is 0 Å². The zero-order chi connectivity index (χ0) is 12.3. The zero-order valence-electron chi connectivity index (χ0n) is 9.73. The van der Waals surface area contributed by atoms with Crippen molar-refractivity contribution >= 4 is 5.91 Å². The van der Waals surface area contributed by atoms with Crippen LogP contribution in [0.4, 0.5) is 0 Å². The van der Waals surface area contributed by atoms with E-state index in [1.807, 2.05) is 30.3 Å². The SMILES string of the molecule is NC(CC(=O)NC1(CO)CC1)c1ccccc1. The molecule has 17 heavy (non-hydrogen) atoms. The minimum Gasteiger partial charge on any atom is -0.394 e. The van der Waals surface area contributed by atoms with E-state index in [9.17, 15) is 4.79 Å². The quantitative estimate of drug-likeness (QED) is 0.702. The molecular formula is C13H18N2O2. The van der Waals surface area contributed by atoms with Crippen LogP contribution in [-0.4, -0.2) is 23.2 Å². The Morgan fingerprint density at radius 1 is 1.41 bits per heavy atom. The zero-order valence-corrected chi connectivity index (χ0v) is 9.73. The highest BCUT2D eigenvalue weighted by atomic mass is 16.3. The molecule has 0 aromatic heterocycles. The summed E-state index contributed by atoms with van der Waals surface area (Å²) in [4.78, 5) is 11.7. The van der Waals surface area contributed by atoms with Gasteiger partial charge in [0.1, 0.15) is 0 Å². The third kappa shape index (κ3) is 3.05. The van der Waals surface area contributed by atoms with Crippen molar-refractivity contribution in [3.05, 3.63) is 35.9 Å². The first-order valence-corrected chi connectivity index (χ1v) is 5.88. The van der Waals surface area contributed by atoms with Gasteiger partial charge < -0.3 is 16.2 Å². The molecule has 1 aromatic carbocycles. The van der Waals surface area contributed by atoms with Gasteiger partial charge in [-0.3, -0.25) is 4.79 Å². The van der Waals surface area contributed by atoms with Crippen LogP contribution in [0.1, 0.15) is 30.9 Å². The summed E-state index contributed by atoms with van der Waals surface area (Å²) in [6.45, 7) is 0.0132. The first-order valence-electron chi connectivity index (χ1n) is 5.88. The Kier molecular flexibility index (Phi) is 3.45. The van der Waals surface area contributed by atoms with Crippen LogP contribution < -0.4 is 11.1 Å². The predicted molar refractivity (Wildman–Crippen MR) is 65.2 cm³/mol. The lowest BCUT2D eigenvalue weighted by molar-refractivity contribution is -0.122. The topological polar surface area (TPSA) is 75.4 Å². The van der Waals surface area contributed by atoms with Gasteiger partial charge in [0.25, 0.3) is 0 Å². The molecule has 1 aliphatic rings. The van der Waals surface area contributed by atoms with Crippen LogP contribution in [-0.2, 0) is 4.79 Å². The molecular weight excluding hydrogens is 216 g/mol. The van der Waals surface area contributed by atoms with Crippen LogP contribution in [0.2, 0.25) is 0 Å². The Labute approximate surface area is 101 Å². The highest BCUT2D eigenvalue weighted by molar-refractivity contribution is 5.78. The van der Waals surface area contributed by atoms with Crippen LogP contribution in [0.3, 0.4) is 0 Å². The van der Waals surface area contributed by atoms with Crippen molar-refractivity contribution < 1.29 is 9.90 Å². The summed E-state index contributed by atoms with van der Waals surface area (Å²) in [5.41, 5.74) is 6.55. The summed E-state index contributed by atoms with van der Waals surface area (Å²) >= 11 is 0. The van der Waals surface area contributed by atoms with Crippen LogP contribution in [0.15, 0.2) is 30.3 Å². The number of carbonyl (C=O) groups is 1. The molecule has 0 aliphatic heterocycles. The number of carbonyl (C=O) groups excluding carboxylic acids is 1. The third-order valence-electron chi connectivity index (χ3n) is 3.19. The van der Waals surface area contributed by atoms with Crippen molar-refractivity contribution in [3.63, 3.8) is 0 Å². The molecule has 0 spiro atoms. The number of nitrogens with two attached hydrogens (primary N) is 1. The smallest absolute Gasteiger partial charge is 0.222 e. The second-order valence-corrected chi connectivity index (χ2v) is 4.71. The number of hydrogen-bond acceptors (Lipinski definition) is 3. The average Bonchev–Trinajstić information content (AvgIpc) is 3.10. The lowest BCUT2D eigenvalue weighted by Crippen LogP contribution is -2.40. The lowest BCUT2D eigenvalue weighted by Gasteiger charge is -2.17. The predicted octanol–water partition coefficient (Wildman–Crippen LogP) is 0.718. The number of nitrogens with one attached hydrogen (secondary N) is 1. The maximum Gasteiger partial charge on any atom is 0.222 e. The van der Waals surface area contributed by atoms with Gasteiger partial charge in [0.05, 0.1) is 12.1 Å². The number of hydrogen-bond donors (Lipinski definition) is 3. The van der Waals surface area contributed by atoms with Crippen LogP contribution in [0.25, 0.3) is 0 Å². The molecule has 1 fully saturated rings. The molecule has 0 bridgehead atoms. The van der Waals surface area contributed by atoms with Gasteiger partial charge in [-0.1, -0.05) is 30.3 Å². The number of amides is 1. The van der Waals surface area contributed by atoms with Crippen LogP contribution >= 0.6 is 0 Å². The van der Waals surface area contributed by atoms with E-state index in [1.165, 1.54) is 0 Å². The van der Waals surface area contributed by atoms with E-state index >= 15 is 0 Å².